The number of hydrogen-bond acceptors (Lipinski definition) is 0. The molecular formula is C11H10ClF5Si. The highest BCUT2D eigenvalue weighted by atomic mass is 35.6. The molecule has 0 aliphatic heterocycles. The maximum Gasteiger partial charge on any atom is 0.200 e. The lowest BCUT2D eigenvalue weighted by atomic mass is 9.86. The first-order valence-electron chi connectivity index (χ1n) is 5.00. The van der Waals surface area contributed by atoms with Crippen molar-refractivity contribution in [2.75, 3.05) is 0 Å². The first-order chi connectivity index (χ1) is 8.12. The Morgan fingerprint density at radius 1 is 0.833 bits per heavy atom. The van der Waals surface area contributed by atoms with Gasteiger partial charge in [-0.2, -0.15) is 11.1 Å². The van der Waals surface area contributed by atoms with Crippen molar-refractivity contribution in [3.8, 4) is 0 Å². The Labute approximate surface area is 109 Å². The molecule has 0 aromatic heterocycles. The maximum atomic E-state index is 13.6. The Balaban J connectivity index is 3.59. The lowest BCUT2D eigenvalue weighted by Crippen LogP contribution is -2.25. The molecule has 1 aromatic carbocycles. The molecule has 7 heteroatoms. The molecule has 0 spiro atoms. The van der Waals surface area contributed by atoms with Crippen molar-refractivity contribution < 1.29 is 22.0 Å². The molecule has 0 saturated carbocycles. The van der Waals surface area contributed by atoms with Crippen LogP contribution in [0.1, 0.15) is 31.9 Å². The average molecular weight is 301 g/mol. The summed E-state index contributed by atoms with van der Waals surface area (Å²) < 4.78 is 66.3. The highest BCUT2D eigenvalue weighted by Crippen LogP contribution is 2.39. The monoisotopic (exact) mass is 300 g/mol. The van der Waals surface area contributed by atoms with Crippen LogP contribution in [0.25, 0.3) is 0 Å². The Morgan fingerprint density at radius 3 is 1.44 bits per heavy atom. The van der Waals surface area contributed by atoms with E-state index >= 15 is 0 Å². The van der Waals surface area contributed by atoms with E-state index in [0.717, 1.165) is 0 Å². The second-order valence-electron chi connectivity index (χ2n) is 4.89. The van der Waals surface area contributed by atoms with E-state index in [1.165, 1.54) is 0 Å². The Kier molecular flexibility index (Phi) is 4.43. The highest BCUT2D eigenvalue weighted by molar-refractivity contribution is 6.94. The van der Waals surface area contributed by atoms with Gasteiger partial charge in [0, 0.05) is 11.1 Å². The Hall–Kier alpha value is -0.623. The van der Waals surface area contributed by atoms with Gasteiger partial charge in [0.25, 0.3) is 0 Å². The van der Waals surface area contributed by atoms with Crippen LogP contribution in [0.2, 0.25) is 0 Å². The average Bonchev–Trinajstić information content (AvgIpc) is 2.27. The lowest BCUT2D eigenvalue weighted by Gasteiger charge is -2.29. The predicted molar refractivity (Wildman–Crippen MR) is 60.0 cm³/mol. The quantitative estimate of drug-likeness (QED) is 0.251. The third-order valence-corrected chi connectivity index (χ3v) is 4.54. The van der Waals surface area contributed by atoms with Gasteiger partial charge in [0.2, 0.25) is 5.82 Å². The first-order valence-corrected chi connectivity index (χ1v) is 7.09. The zero-order chi connectivity index (χ0) is 14.2. The molecule has 1 unspecified atom stereocenters. The summed E-state index contributed by atoms with van der Waals surface area (Å²) in [5, 5.41) is 0. The molecule has 0 amide bonds. The summed E-state index contributed by atoms with van der Waals surface area (Å²) in [6.07, 6.45) is 0. The number of hydrogen-bond donors (Lipinski definition) is 0. The SMILES string of the molecule is CC(C)(C)C([Si]Cl)c1c(F)c(F)c(F)c(F)c1F. The van der Waals surface area contributed by atoms with Gasteiger partial charge in [-0.25, -0.2) is 22.0 Å². The van der Waals surface area contributed by atoms with Crippen molar-refractivity contribution in [2.24, 2.45) is 5.41 Å². The highest BCUT2D eigenvalue weighted by Gasteiger charge is 2.36. The van der Waals surface area contributed by atoms with E-state index in [0.29, 0.717) is 0 Å². The summed E-state index contributed by atoms with van der Waals surface area (Å²) in [5.74, 6) is -9.64. The van der Waals surface area contributed by atoms with E-state index in [1.54, 1.807) is 20.8 Å². The fraction of sp³-hybridized carbons (Fsp3) is 0.455. The molecule has 0 saturated heterocycles. The molecule has 2 radical (unpaired) electrons. The summed E-state index contributed by atoms with van der Waals surface area (Å²) in [7, 11) is -0.504. The van der Waals surface area contributed by atoms with Crippen LogP contribution >= 0.6 is 11.1 Å². The van der Waals surface area contributed by atoms with Crippen molar-refractivity contribution in [1.29, 1.82) is 0 Å². The third-order valence-electron chi connectivity index (χ3n) is 2.51. The van der Waals surface area contributed by atoms with E-state index in [-0.39, 0.29) is 0 Å². The van der Waals surface area contributed by atoms with Crippen LogP contribution in [0, 0.1) is 34.5 Å². The molecule has 0 N–H and O–H groups in total. The van der Waals surface area contributed by atoms with Gasteiger partial charge in [0.05, 0.1) is 0 Å². The van der Waals surface area contributed by atoms with Gasteiger partial charge >= 0.3 is 0 Å². The third kappa shape index (κ3) is 2.54. The van der Waals surface area contributed by atoms with Crippen LogP contribution in [0.5, 0.6) is 0 Å². The smallest absolute Gasteiger partial charge is 0.200 e. The zero-order valence-corrected chi connectivity index (χ0v) is 11.6. The molecule has 0 fully saturated rings. The molecule has 0 aliphatic rings. The lowest BCUT2D eigenvalue weighted by molar-refractivity contribution is 0.336. The molecule has 0 heterocycles. The molecule has 18 heavy (non-hydrogen) atoms. The molecule has 0 bridgehead atoms. The normalized spacial score (nSPS) is 13.8. The summed E-state index contributed by atoms with van der Waals surface area (Å²) in [6.45, 7) is 4.85. The van der Waals surface area contributed by atoms with Crippen LogP contribution in [0.4, 0.5) is 22.0 Å². The van der Waals surface area contributed by atoms with Gasteiger partial charge in [0.15, 0.2) is 32.1 Å². The number of rotatable bonds is 2. The Bertz CT molecular complexity index is 440. The first kappa shape index (κ1) is 15.4. The summed E-state index contributed by atoms with van der Waals surface area (Å²) in [5.41, 5.74) is -2.52. The second-order valence-corrected chi connectivity index (χ2v) is 6.34. The second kappa shape index (κ2) is 5.17. The minimum atomic E-state index is -2.15. The topological polar surface area (TPSA) is 0 Å². The summed E-state index contributed by atoms with van der Waals surface area (Å²) >= 11 is 5.63. The molecule has 1 aromatic rings. The van der Waals surface area contributed by atoms with Gasteiger partial charge in [-0.05, 0) is 5.41 Å². The fourth-order valence-corrected chi connectivity index (χ4v) is 3.53. The standard InChI is InChI=1S/C11H10ClF5Si/c1-11(2,3)10(18-12)4-5(13)7(15)9(17)8(16)6(4)14/h10H,1-3H3. The van der Waals surface area contributed by atoms with Crippen LogP contribution in [0.3, 0.4) is 0 Å². The minimum absolute atomic E-state index is 0.504. The van der Waals surface area contributed by atoms with Crippen molar-refractivity contribution in [3.63, 3.8) is 0 Å². The van der Waals surface area contributed by atoms with Gasteiger partial charge in [-0.3, -0.25) is 0 Å². The zero-order valence-electron chi connectivity index (χ0n) is 9.85. The number of benzene rings is 1. The van der Waals surface area contributed by atoms with Gasteiger partial charge in [0.1, 0.15) is 0 Å². The van der Waals surface area contributed by atoms with E-state index in [2.05, 4.69) is 0 Å². The van der Waals surface area contributed by atoms with Gasteiger partial charge in [-0.15, -0.1) is 0 Å². The minimum Gasteiger partial charge on any atom is -0.203 e. The molecule has 0 aliphatic carbocycles. The Morgan fingerprint density at radius 2 is 1.17 bits per heavy atom. The van der Waals surface area contributed by atoms with Crippen molar-refractivity contribution in [1.82, 2.24) is 0 Å². The van der Waals surface area contributed by atoms with Crippen LogP contribution in [-0.2, 0) is 0 Å². The molecule has 1 rings (SSSR count). The summed E-state index contributed by atoms with van der Waals surface area (Å²) in [4.78, 5) is 0. The van der Waals surface area contributed by atoms with Crippen LogP contribution < -0.4 is 0 Å². The van der Waals surface area contributed by atoms with E-state index in [9.17, 15) is 22.0 Å². The van der Waals surface area contributed by atoms with Gasteiger partial charge in [-0.1, -0.05) is 20.8 Å². The van der Waals surface area contributed by atoms with E-state index in [1.807, 2.05) is 0 Å². The van der Waals surface area contributed by atoms with E-state index in [4.69, 9.17) is 11.1 Å². The molecule has 0 nitrogen and oxygen atoms in total. The number of halogens is 6. The maximum absolute atomic E-state index is 13.6. The van der Waals surface area contributed by atoms with Gasteiger partial charge < -0.3 is 0 Å². The summed E-state index contributed by atoms with van der Waals surface area (Å²) in [6, 6.07) is 0. The molecular weight excluding hydrogens is 291 g/mol. The molecule has 1 atom stereocenters. The largest absolute Gasteiger partial charge is 0.203 e. The predicted octanol–water partition coefficient (Wildman–Crippen LogP) is 4.33. The fourth-order valence-electron chi connectivity index (χ4n) is 1.53. The van der Waals surface area contributed by atoms with Crippen LogP contribution in [-0.4, -0.2) is 8.83 Å². The van der Waals surface area contributed by atoms with E-state index < -0.39 is 54.4 Å². The van der Waals surface area contributed by atoms with Crippen molar-refractivity contribution in [2.45, 2.75) is 26.3 Å². The van der Waals surface area contributed by atoms with Crippen LogP contribution in [0.15, 0.2) is 0 Å². The van der Waals surface area contributed by atoms with Crippen molar-refractivity contribution >= 4 is 19.9 Å². The van der Waals surface area contributed by atoms with Crippen molar-refractivity contribution in [3.05, 3.63) is 34.6 Å². The molecule has 100 valence electrons.